The second-order valence-electron chi connectivity index (χ2n) is 3.60. The zero-order valence-corrected chi connectivity index (χ0v) is 9.61. The summed E-state index contributed by atoms with van der Waals surface area (Å²) < 4.78 is 4.85. The lowest BCUT2D eigenvalue weighted by molar-refractivity contribution is -0.384. The molecule has 2 atom stereocenters. The molecule has 0 aromatic heterocycles. The van der Waals surface area contributed by atoms with Gasteiger partial charge in [0.1, 0.15) is 23.6 Å². The smallest absolute Gasteiger partial charge is 0.296 e. The van der Waals surface area contributed by atoms with Crippen LogP contribution in [0.25, 0.3) is 0 Å². The van der Waals surface area contributed by atoms with Crippen molar-refractivity contribution in [1.29, 1.82) is 0 Å². The molecule has 8 nitrogen and oxygen atoms in total. The lowest BCUT2D eigenvalue weighted by atomic mass is 10.0. The summed E-state index contributed by atoms with van der Waals surface area (Å²) >= 11 is 0. The number of methoxy groups -OCH3 is 1. The maximum Gasteiger partial charge on any atom is 0.296 e. The standard InChI is InChI=1S/C10H14N2O6/c1-18-5-2-6(10(15)8(14)4-13)9(11)7(3-5)12(16)17/h2-3,8,10,13-15H,4,11H2,1H3. The molecular formula is C10H14N2O6. The van der Waals surface area contributed by atoms with Crippen LogP contribution in [0.15, 0.2) is 12.1 Å². The summed E-state index contributed by atoms with van der Waals surface area (Å²) in [6, 6.07) is 2.38. The summed E-state index contributed by atoms with van der Waals surface area (Å²) in [7, 11) is 1.30. The van der Waals surface area contributed by atoms with E-state index in [9.17, 15) is 20.3 Å². The average Bonchev–Trinajstić information content (AvgIpc) is 2.36. The van der Waals surface area contributed by atoms with Gasteiger partial charge in [-0.1, -0.05) is 0 Å². The van der Waals surface area contributed by atoms with Crippen molar-refractivity contribution < 1.29 is 25.0 Å². The van der Waals surface area contributed by atoms with Gasteiger partial charge in [-0.25, -0.2) is 0 Å². The molecular weight excluding hydrogens is 244 g/mol. The Morgan fingerprint density at radius 1 is 1.50 bits per heavy atom. The van der Waals surface area contributed by atoms with E-state index in [1.54, 1.807) is 0 Å². The highest BCUT2D eigenvalue weighted by molar-refractivity contribution is 5.66. The van der Waals surface area contributed by atoms with Crippen LogP contribution in [-0.4, -0.2) is 40.1 Å². The Balaban J connectivity index is 3.34. The number of nitro benzene ring substituents is 1. The van der Waals surface area contributed by atoms with E-state index < -0.39 is 29.4 Å². The lowest BCUT2D eigenvalue weighted by Crippen LogP contribution is -2.23. The van der Waals surface area contributed by atoms with Crippen LogP contribution < -0.4 is 10.5 Å². The van der Waals surface area contributed by atoms with Crippen molar-refractivity contribution in [2.24, 2.45) is 0 Å². The third-order valence-corrected chi connectivity index (χ3v) is 2.47. The fourth-order valence-electron chi connectivity index (χ4n) is 1.45. The average molecular weight is 258 g/mol. The van der Waals surface area contributed by atoms with Crippen LogP contribution in [0.5, 0.6) is 5.75 Å². The zero-order valence-electron chi connectivity index (χ0n) is 9.61. The van der Waals surface area contributed by atoms with E-state index in [1.807, 2.05) is 0 Å². The number of aliphatic hydroxyl groups is 3. The van der Waals surface area contributed by atoms with Crippen molar-refractivity contribution in [3.05, 3.63) is 27.8 Å². The minimum Gasteiger partial charge on any atom is -0.496 e. The van der Waals surface area contributed by atoms with Crippen molar-refractivity contribution in [3.63, 3.8) is 0 Å². The Labute approximate surface area is 102 Å². The summed E-state index contributed by atoms with van der Waals surface area (Å²) in [5, 5.41) is 38.6. The Bertz CT molecular complexity index is 450. The van der Waals surface area contributed by atoms with Gasteiger partial charge in [0, 0.05) is 5.56 Å². The summed E-state index contributed by atoms with van der Waals surface area (Å²) in [5.41, 5.74) is 4.77. The van der Waals surface area contributed by atoms with Gasteiger partial charge in [-0.3, -0.25) is 10.1 Å². The third kappa shape index (κ3) is 2.67. The molecule has 18 heavy (non-hydrogen) atoms. The molecule has 5 N–H and O–H groups in total. The molecule has 0 bridgehead atoms. The molecule has 1 aromatic carbocycles. The van der Waals surface area contributed by atoms with Crippen molar-refractivity contribution in [3.8, 4) is 5.75 Å². The number of rotatable bonds is 5. The molecule has 1 rings (SSSR count). The van der Waals surface area contributed by atoms with Crippen molar-refractivity contribution in [2.45, 2.75) is 12.2 Å². The van der Waals surface area contributed by atoms with E-state index in [0.717, 1.165) is 6.07 Å². The third-order valence-electron chi connectivity index (χ3n) is 2.47. The molecule has 0 heterocycles. The van der Waals surface area contributed by atoms with Crippen molar-refractivity contribution >= 4 is 11.4 Å². The molecule has 0 amide bonds. The van der Waals surface area contributed by atoms with Gasteiger partial charge >= 0.3 is 0 Å². The van der Waals surface area contributed by atoms with E-state index in [4.69, 9.17) is 15.6 Å². The summed E-state index contributed by atoms with van der Waals surface area (Å²) in [6.07, 6.45) is -3.03. The normalized spacial score (nSPS) is 14.0. The number of ether oxygens (including phenoxy) is 1. The first-order valence-corrected chi connectivity index (χ1v) is 5.01. The molecule has 0 saturated heterocycles. The predicted octanol–water partition coefficient (Wildman–Crippen LogP) is -0.428. The van der Waals surface area contributed by atoms with Gasteiger partial charge in [0.05, 0.1) is 24.7 Å². The van der Waals surface area contributed by atoms with Crippen LogP contribution in [0.3, 0.4) is 0 Å². The van der Waals surface area contributed by atoms with Crippen molar-refractivity contribution in [2.75, 3.05) is 19.5 Å². The van der Waals surface area contributed by atoms with Crippen LogP contribution in [0.2, 0.25) is 0 Å². The van der Waals surface area contributed by atoms with Gasteiger partial charge in [0.15, 0.2) is 0 Å². The second kappa shape index (κ2) is 5.63. The van der Waals surface area contributed by atoms with Gasteiger partial charge < -0.3 is 25.8 Å². The molecule has 0 aliphatic heterocycles. The van der Waals surface area contributed by atoms with E-state index in [1.165, 1.54) is 13.2 Å². The molecule has 0 aliphatic rings. The Kier molecular flexibility index (Phi) is 4.43. The van der Waals surface area contributed by atoms with Gasteiger partial charge in [-0.15, -0.1) is 0 Å². The molecule has 8 heteroatoms. The van der Waals surface area contributed by atoms with Gasteiger partial charge in [-0.05, 0) is 6.07 Å². The maximum absolute atomic E-state index is 10.8. The van der Waals surface area contributed by atoms with Crippen LogP contribution >= 0.6 is 0 Å². The van der Waals surface area contributed by atoms with E-state index in [0.29, 0.717) is 0 Å². The molecule has 0 radical (unpaired) electrons. The predicted molar refractivity (Wildman–Crippen MR) is 62.1 cm³/mol. The van der Waals surface area contributed by atoms with Crippen LogP contribution in [0.4, 0.5) is 11.4 Å². The molecule has 0 fully saturated rings. The minimum atomic E-state index is -1.54. The fraction of sp³-hybridized carbons (Fsp3) is 0.400. The topological polar surface area (TPSA) is 139 Å². The van der Waals surface area contributed by atoms with Crippen LogP contribution in [0, 0.1) is 10.1 Å². The number of aliphatic hydroxyl groups excluding tert-OH is 3. The number of hydrogen-bond donors (Lipinski definition) is 4. The molecule has 0 saturated carbocycles. The first-order valence-electron chi connectivity index (χ1n) is 5.01. The highest BCUT2D eigenvalue weighted by Crippen LogP contribution is 2.35. The molecule has 1 aromatic rings. The number of nitrogens with zero attached hydrogens (tertiary/aromatic N) is 1. The number of nitrogen functional groups attached to an aromatic ring is 1. The van der Waals surface area contributed by atoms with Gasteiger partial charge in [0.2, 0.25) is 0 Å². The summed E-state index contributed by atoms with van der Waals surface area (Å²) in [6.45, 7) is -0.703. The zero-order chi connectivity index (χ0) is 13.9. The largest absolute Gasteiger partial charge is 0.496 e. The van der Waals surface area contributed by atoms with Gasteiger partial charge in [0.25, 0.3) is 5.69 Å². The minimum absolute atomic E-state index is 0.0670. The molecule has 100 valence electrons. The first-order chi connectivity index (χ1) is 8.42. The maximum atomic E-state index is 10.8. The van der Waals surface area contributed by atoms with E-state index in [2.05, 4.69) is 0 Å². The Morgan fingerprint density at radius 3 is 2.56 bits per heavy atom. The highest BCUT2D eigenvalue weighted by atomic mass is 16.6. The number of nitrogens with two attached hydrogens (primary N) is 1. The second-order valence-corrected chi connectivity index (χ2v) is 3.60. The number of benzene rings is 1. The monoisotopic (exact) mass is 258 g/mol. The number of anilines is 1. The number of nitro groups is 1. The van der Waals surface area contributed by atoms with E-state index >= 15 is 0 Å². The first kappa shape index (κ1) is 14.2. The highest BCUT2D eigenvalue weighted by Gasteiger charge is 2.26. The summed E-state index contributed by atoms with van der Waals surface area (Å²) in [4.78, 5) is 10.1. The molecule has 0 aliphatic carbocycles. The quantitative estimate of drug-likeness (QED) is 0.319. The SMILES string of the molecule is COc1cc(C(O)C(O)CO)c(N)c([N+](=O)[O-])c1. The Morgan fingerprint density at radius 2 is 2.11 bits per heavy atom. The Hall–Kier alpha value is -1.90. The van der Waals surface area contributed by atoms with E-state index in [-0.39, 0.29) is 17.0 Å². The number of hydrogen-bond acceptors (Lipinski definition) is 7. The summed E-state index contributed by atoms with van der Waals surface area (Å²) in [5.74, 6) is 0.120. The fourth-order valence-corrected chi connectivity index (χ4v) is 1.45. The van der Waals surface area contributed by atoms with Crippen molar-refractivity contribution in [1.82, 2.24) is 0 Å². The van der Waals surface area contributed by atoms with Gasteiger partial charge in [-0.2, -0.15) is 0 Å². The van der Waals surface area contributed by atoms with Crippen LogP contribution in [-0.2, 0) is 0 Å². The lowest BCUT2D eigenvalue weighted by Gasteiger charge is -2.18. The molecule has 0 spiro atoms. The molecule has 2 unspecified atom stereocenters. The van der Waals surface area contributed by atoms with Crippen LogP contribution in [0.1, 0.15) is 11.7 Å².